The van der Waals surface area contributed by atoms with Crippen LogP contribution < -0.4 is 9.47 Å². The van der Waals surface area contributed by atoms with Crippen molar-refractivity contribution in [2.45, 2.75) is 0 Å². The number of rotatable bonds is 18. The van der Waals surface area contributed by atoms with Gasteiger partial charge in [-0.2, -0.15) is 0 Å². The third kappa shape index (κ3) is 11.5. The van der Waals surface area contributed by atoms with E-state index in [0.29, 0.717) is 77.4 Å². The Morgan fingerprint density at radius 1 is 0.500 bits per heavy atom. The van der Waals surface area contributed by atoms with Gasteiger partial charge in [0.05, 0.1) is 52.9 Å². The third-order valence-electron chi connectivity index (χ3n) is 3.87. The maximum atomic E-state index is 10.6. The Morgan fingerprint density at radius 2 is 0.900 bits per heavy atom. The molecular formula is C23H30O7. The highest BCUT2D eigenvalue weighted by Crippen LogP contribution is 2.10. The molecule has 2 aromatic carbocycles. The van der Waals surface area contributed by atoms with E-state index in [9.17, 15) is 4.79 Å². The fourth-order valence-electron chi connectivity index (χ4n) is 2.36. The Morgan fingerprint density at radius 3 is 1.33 bits per heavy atom. The van der Waals surface area contributed by atoms with Gasteiger partial charge in [-0.3, -0.25) is 4.79 Å². The molecule has 0 N–H and O–H groups in total. The quantitative estimate of drug-likeness (QED) is 0.272. The standard InChI is InChI=1S/C23H30O7/c24-20-21-6-8-23(9-7-21)30-19-17-28-15-13-26-11-10-25-12-14-27-16-18-29-22-4-2-1-3-5-22/h1-9,20H,10-19H2. The zero-order chi connectivity index (χ0) is 21.1. The van der Waals surface area contributed by atoms with Gasteiger partial charge in [-0.25, -0.2) is 0 Å². The molecule has 0 aliphatic carbocycles. The average molecular weight is 418 g/mol. The lowest BCUT2D eigenvalue weighted by Gasteiger charge is -2.09. The predicted octanol–water partition coefficient (Wildman–Crippen LogP) is 3.02. The van der Waals surface area contributed by atoms with Crippen LogP contribution in [-0.2, 0) is 18.9 Å². The molecule has 0 heterocycles. The van der Waals surface area contributed by atoms with Gasteiger partial charge >= 0.3 is 0 Å². The molecule has 0 aromatic heterocycles. The van der Waals surface area contributed by atoms with E-state index in [-0.39, 0.29) is 0 Å². The molecule has 0 saturated heterocycles. The molecule has 0 fully saturated rings. The van der Waals surface area contributed by atoms with E-state index >= 15 is 0 Å². The number of hydrogen-bond acceptors (Lipinski definition) is 7. The lowest BCUT2D eigenvalue weighted by Crippen LogP contribution is -2.14. The molecular weight excluding hydrogens is 388 g/mol. The molecule has 2 aromatic rings. The summed E-state index contributed by atoms with van der Waals surface area (Å²) in [6, 6.07) is 16.6. The van der Waals surface area contributed by atoms with Crippen molar-refractivity contribution in [2.24, 2.45) is 0 Å². The van der Waals surface area contributed by atoms with Crippen LogP contribution in [0.4, 0.5) is 0 Å². The number of benzene rings is 2. The van der Waals surface area contributed by atoms with Gasteiger partial charge in [0, 0.05) is 5.56 Å². The molecule has 0 aliphatic heterocycles. The molecule has 0 unspecified atom stereocenters. The minimum atomic E-state index is 0.444. The third-order valence-corrected chi connectivity index (χ3v) is 3.87. The Bertz CT molecular complexity index is 661. The number of carbonyl (C=O) groups excluding carboxylic acids is 1. The molecule has 30 heavy (non-hydrogen) atoms. The Labute approximate surface area is 177 Å². The van der Waals surface area contributed by atoms with E-state index in [0.717, 1.165) is 12.0 Å². The SMILES string of the molecule is O=Cc1ccc(OCCOCCOCCOCCOCCOc2ccccc2)cc1. The second kappa shape index (κ2) is 16.4. The van der Waals surface area contributed by atoms with Crippen molar-refractivity contribution in [1.82, 2.24) is 0 Å². The summed E-state index contributed by atoms with van der Waals surface area (Å²) in [5.74, 6) is 1.56. The van der Waals surface area contributed by atoms with Gasteiger partial charge in [-0.05, 0) is 36.4 Å². The first-order chi connectivity index (χ1) is 14.9. The lowest BCUT2D eigenvalue weighted by molar-refractivity contribution is -0.00699. The summed E-state index contributed by atoms with van der Waals surface area (Å²) in [7, 11) is 0. The van der Waals surface area contributed by atoms with Crippen LogP contribution in [0.15, 0.2) is 54.6 Å². The van der Waals surface area contributed by atoms with Crippen LogP contribution in [0, 0.1) is 0 Å². The van der Waals surface area contributed by atoms with Crippen molar-refractivity contribution >= 4 is 6.29 Å². The number of carbonyl (C=O) groups is 1. The fraction of sp³-hybridized carbons (Fsp3) is 0.435. The summed E-state index contributed by atoms with van der Waals surface area (Å²) in [4.78, 5) is 10.6. The maximum Gasteiger partial charge on any atom is 0.150 e. The van der Waals surface area contributed by atoms with E-state index in [1.165, 1.54) is 0 Å². The monoisotopic (exact) mass is 418 g/mol. The Hall–Kier alpha value is -2.45. The minimum Gasteiger partial charge on any atom is -0.491 e. The van der Waals surface area contributed by atoms with E-state index < -0.39 is 0 Å². The molecule has 0 spiro atoms. The number of aldehydes is 1. The first kappa shape index (κ1) is 23.8. The molecule has 0 amide bonds. The van der Waals surface area contributed by atoms with Gasteiger partial charge in [0.15, 0.2) is 0 Å². The van der Waals surface area contributed by atoms with Crippen LogP contribution in [-0.4, -0.2) is 72.4 Å². The van der Waals surface area contributed by atoms with Gasteiger partial charge in [0.2, 0.25) is 0 Å². The second-order valence-electron chi connectivity index (χ2n) is 6.15. The summed E-state index contributed by atoms with van der Waals surface area (Å²) in [6.45, 7) is 5.05. The van der Waals surface area contributed by atoms with Crippen molar-refractivity contribution in [1.29, 1.82) is 0 Å². The first-order valence-corrected chi connectivity index (χ1v) is 10.1. The average Bonchev–Trinajstić information content (AvgIpc) is 2.80. The molecule has 0 bridgehead atoms. The number of para-hydroxylation sites is 1. The molecule has 7 heteroatoms. The smallest absolute Gasteiger partial charge is 0.150 e. The molecule has 0 radical (unpaired) electrons. The summed E-state index contributed by atoms with van der Waals surface area (Å²) < 4.78 is 32.8. The maximum absolute atomic E-state index is 10.6. The zero-order valence-corrected chi connectivity index (χ0v) is 17.2. The number of ether oxygens (including phenoxy) is 6. The highest BCUT2D eigenvalue weighted by Gasteiger charge is 1.96. The van der Waals surface area contributed by atoms with Gasteiger partial charge in [-0.1, -0.05) is 18.2 Å². The Kier molecular flexibility index (Phi) is 13.0. The zero-order valence-electron chi connectivity index (χ0n) is 17.2. The molecule has 7 nitrogen and oxygen atoms in total. The highest BCUT2D eigenvalue weighted by atomic mass is 16.6. The van der Waals surface area contributed by atoms with Gasteiger partial charge < -0.3 is 28.4 Å². The van der Waals surface area contributed by atoms with Gasteiger partial charge in [0.25, 0.3) is 0 Å². The van der Waals surface area contributed by atoms with E-state index in [1.54, 1.807) is 24.3 Å². The fourth-order valence-corrected chi connectivity index (χ4v) is 2.36. The molecule has 0 atom stereocenters. The molecule has 0 saturated carbocycles. The normalized spacial score (nSPS) is 10.7. The molecule has 0 aliphatic rings. The van der Waals surface area contributed by atoms with Gasteiger partial charge in [0.1, 0.15) is 31.0 Å². The van der Waals surface area contributed by atoms with Crippen molar-refractivity contribution < 1.29 is 33.2 Å². The lowest BCUT2D eigenvalue weighted by atomic mass is 10.2. The predicted molar refractivity (Wildman–Crippen MR) is 113 cm³/mol. The minimum absolute atomic E-state index is 0.444. The summed E-state index contributed by atoms with van der Waals surface area (Å²) in [5, 5.41) is 0. The van der Waals surface area contributed by atoms with E-state index in [1.807, 2.05) is 30.3 Å². The van der Waals surface area contributed by atoms with E-state index in [2.05, 4.69) is 0 Å². The van der Waals surface area contributed by atoms with E-state index in [4.69, 9.17) is 28.4 Å². The summed E-state index contributed by atoms with van der Waals surface area (Å²) in [5.41, 5.74) is 0.626. The van der Waals surface area contributed by atoms with Crippen molar-refractivity contribution in [3.63, 3.8) is 0 Å². The van der Waals surface area contributed by atoms with Crippen LogP contribution in [0.3, 0.4) is 0 Å². The summed E-state index contributed by atoms with van der Waals surface area (Å²) >= 11 is 0. The second-order valence-corrected chi connectivity index (χ2v) is 6.15. The van der Waals surface area contributed by atoms with Crippen LogP contribution in [0.1, 0.15) is 10.4 Å². The van der Waals surface area contributed by atoms with Crippen LogP contribution in [0.5, 0.6) is 11.5 Å². The largest absolute Gasteiger partial charge is 0.491 e. The topological polar surface area (TPSA) is 72.5 Å². The van der Waals surface area contributed by atoms with Crippen molar-refractivity contribution in [2.75, 3.05) is 66.1 Å². The van der Waals surface area contributed by atoms with Crippen molar-refractivity contribution in [3.8, 4) is 11.5 Å². The Balaban J connectivity index is 1.27. The molecule has 164 valence electrons. The summed E-state index contributed by atoms with van der Waals surface area (Å²) in [6.07, 6.45) is 0.801. The van der Waals surface area contributed by atoms with Crippen LogP contribution >= 0.6 is 0 Å². The molecule has 2 rings (SSSR count). The highest BCUT2D eigenvalue weighted by molar-refractivity contribution is 5.74. The van der Waals surface area contributed by atoms with Crippen LogP contribution in [0.25, 0.3) is 0 Å². The van der Waals surface area contributed by atoms with Crippen LogP contribution in [0.2, 0.25) is 0 Å². The first-order valence-electron chi connectivity index (χ1n) is 10.1. The van der Waals surface area contributed by atoms with Crippen molar-refractivity contribution in [3.05, 3.63) is 60.2 Å². The number of hydrogen-bond donors (Lipinski definition) is 0. The van der Waals surface area contributed by atoms with Gasteiger partial charge in [-0.15, -0.1) is 0 Å².